The van der Waals surface area contributed by atoms with Gasteiger partial charge in [-0.15, -0.1) is 11.3 Å². The van der Waals surface area contributed by atoms with E-state index in [-0.39, 0.29) is 5.91 Å². The Morgan fingerprint density at radius 1 is 1.21 bits per heavy atom. The van der Waals surface area contributed by atoms with Crippen molar-refractivity contribution in [1.29, 1.82) is 0 Å². The zero-order valence-corrected chi connectivity index (χ0v) is 14.2. The minimum atomic E-state index is -1.19. The molecule has 1 aliphatic rings. The number of thiophene rings is 1. The van der Waals surface area contributed by atoms with Gasteiger partial charge in [0.25, 0.3) is 5.91 Å². The van der Waals surface area contributed by atoms with E-state index >= 15 is 0 Å². The minimum Gasteiger partial charge on any atom is -0.449 e. The van der Waals surface area contributed by atoms with E-state index < -0.39 is 24.0 Å². The van der Waals surface area contributed by atoms with Gasteiger partial charge in [0.2, 0.25) is 5.91 Å². The average molecular weight is 353 g/mol. The molecular weight excluding hydrogens is 334 g/mol. The maximum atomic E-state index is 12.5. The fourth-order valence-electron chi connectivity index (χ4n) is 2.53. The lowest BCUT2D eigenvalue weighted by molar-refractivity contribution is -0.127. The number of carbonyl (C=O) groups is 4. The smallest absolute Gasteiger partial charge is 0.342 e. The predicted octanol–water partition coefficient (Wildman–Crippen LogP) is 1.33. The van der Waals surface area contributed by atoms with Crippen LogP contribution in [0.1, 0.15) is 47.5 Å². The number of rotatable bonds is 4. The molecular formula is C15H19N3O5S. The molecule has 1 aromatic heterocycles. The van der Waals surface area contributed by atoms with Gasteiger partial charge in [-0.05, 0) is 38.2 Å². The Hall–Kier alpha value is -2.42. The Balaban J connectivity index is 2.24. The molecule has 0 aliphatic heterocycles. The number of esters is 1. The molecule has 4 amide bonds. The standard InChI is InChI=1S/C15H19N3O5S/c1-7(12(20)18-15(16)22)23-14(21)11-9-5-3-4-6-10(9)24-13(11)17-8(2)19/h7H,3-6H2,1-2H3,(H,17,19)(H3,16,18,20,22). The highest BCUT2D eigenvalue weighted by Crippen LogP contribution is 2.38. The molecule has 24 heavy (non-hydrogen) atoms. The lowest BCUT2D eigenvalue weighted by Crippen LogP contribution is -2.42. The summed E-state index contributed by atoms with van der Waals surface area (Å²) in [4.78, 5) is 47.3. The number of carbonyl (C=O) groups excluding carboxylic acids is 4. The first-order chi connectivity index (χ1) is 11.3. The topological polar surface area (TPSA) is 128 Å². The molecule has 9 heteroatoms. The van der Waals surface area contributed by atoms with Gasteiger partial charge in [0.1, 0.15) is 5.00 Å². The van der Waals surface area contributed by atoms with Gasteiger partial charge in [0.15, 0.2) is 6.10 Å². The summed E-state index contributed by atoms with van der Waals surface area (Å²) < 4.78 is 5.14. The van der Waals surface area contributed by atoms with Gasteiger partial charge >= 0.3 is 12.0 Å². The zero-order chi connectivity index (χ0) is 17.9. The maximum absolute atomic E-state index is 12.5. The van der Waals surface area contributed by atoms with Crippen molar-refractivity contribution in [3.05, 3.63) is 16.0 Å². The van der Waals surface area contributed by atoms with Gasteiger partial charge in [-0.2, -0.15) is 0 Å². The summed E-state index contributed by atoms with van der Waals surface area (Å²) in [6.07, 6.45) is 2.35. The average Bonchev–Trinajstić information content (AvgIpc) is 2.83. The number of primary amides is 1. The number of nitrogens with two attached hydrogens (primary N) is 1. The fraction of sp³-hybridized carbons (Fsp3) is 0.467. The summed E-state index contributed by atoms with van der Waals surface area (Å²) in [5, 5.41) is 4.94. The van der Waals surface area contributed by atoms with E-state index in [1.165, 1.54) is 25.2 Å². The second kappa shape index (κ2) is 7.43. The first-order valence-corrected chi connectivity index (χ1v) is 8.34. The van der Waals surface area contributed by atoms with Crippen LogP contribution in [-0.2, 0) is 27.2 Å². The van der Waals surface area contributed by atoms with E-state index in [0.717, 1.165) is 36.1 Å². The van der Waals surface area contributed by atoms with Gasteiger partial charge in [-0.1, -0.05) is 0 Å². The van der Waals surface area contributed by atoms with Crippen molar-refractivity contribution < 1.29 is 23.9 Å². The third-order valence-electron chi connectivity index (χ3n) is 3.56. The fourth-order valence-corrected chi connectivity index (χ4v) is 3.85. The molecule has 130 valence electrons. The molecule has 2 rings (SSSR count). The van der Waals surface area contributed by atoms with Crippen molar-refractivity contribution in [2.24, 2.45) is 5.73 Å². The molecule has 1 aliphatic carbocycles. The van der Waals surface area contributed by atoms with Crippen LogP contribution in [0.2, 0.25) is 0 Å². The monoisotopic (exact) mass is 353 g/mol. The number of hydrogen-bond acceptors (Lipinski definition) is 6. The second-order valence-electron chi connectivity index (χ2n) is 5.50. The third-order valence-corrected chi connectivity index (χ3v) is 4.77. The van der Waals surface area contributed by atoms with Crippen LogP contribution in [0.3, 0.4) is 0 Å². The van der Waals surface area contributed by atoms with E-state index in [1.54, 1.807) is 0 Å². The lowest BCUT2D eigenvalue weighted by Gasteiger charge is -2.15. The Labute approximate surface area is 142 Å². The number of imide groups is 1. The summed E-state index contributed by atoms with van der Waals surface area (Å²) in [6.45, 7) is 2.70. The summed E-state index contributed by atoms with van der Waals surface area (Å²) in [5.74, 6) is -1.80. The van der Waals surface area contributed by atoms with Crippen LogP contribution in [-0.4, -0.2) is 29.9 Å². The van der Waals surface area contributed by atoms with E-state index in [2.05, 4.69) is 5.32 Å². The highest BCUT2D eigenvalue weighted by Gasteiger charge is 2.29. The molecule has 0 aromatic carbocycles. The van der Waals surface area contributed by atoms with Crippen molar-refractivity contribution in [3.8, 4) is 0 Å². The molecule has 1 unspecified atom stereocenters. The van der Waals surface area contributed by atoms with Crippen molar-refractivity contribution in [3.63, 3.8) is 0 Å². The van der Waals surface area contributed by atoms with Crippen LogP contribution in [0.4, 0.5) is 9.80 Å². The number of anilines is 1. The predicted molar refractivity (Wildman–Crippen MR) is 87.9 cm³/mol. The van der Waals surface area contributed by atoms with Crippen LogP contribution in [0, 0.1) is 0 Å². The molecule has 4 N–H and O–H groups in total. The highest BCUT2D eigenvalue weighted by molar-refractivity contribution is 7.17. The van der Waals surface area contributed by atoms with Crippen molar-refractivity contribution in [2.75, 3.05) is 5.32 Å². The number of aryl methyl sites for hydroxylation is 1. The Morgan fingerprint density at radius 3 is 2.50 bits per heavy atom. The van der Waals surface area contributed by atoms with Crippen LogP contribution < -0.4 is 16.4 Å². The molecule has 1 heterocycles. The van der Waals surface area contributed by atoms with Gasteiger partial charge in [0, 0.05) is 11.8 Å². The molecule has 1 atom stereocenters. The lowest BCUT2D eigenvalue weighted by atomic mass is 9.95. The summed E-state index contributed by atoms with van der Waals surface area (Å²) >= 11 is 1.36. The number of nitrogens with one attached hydrogen (secondary N) is 2. The summed E-state index contributed by atoms with van der Waals surface area (Å²) in [7, 11) is 0. The quantitative estimate of drug-likeness (QED) is 0.704. The van der Waals surface area contributed by atoms with Crippen molar-refractivity contribution in [1.82, 2.24) is 5.32 Å². The Kier molecular flexibility index (Phi) is 5.55. The Morgan fingerprint density at radius 2 is 1.88 bits per heavy atom. The Bertz CT molecular complexity index is 698. The SMILES string of the molecule is CC(=O)Nc1sc2c(c1C(=O)OC(C)C(=O)NC(N)=O)CCCC2. The molecule has 0 radical (unpaired) electrons. The second-order valence-corrected chi connectivity index (χ2v) is 6.60. The first-order valence-electron chi connectivity index (χ1n) is 7.53. The summed E-state index contributed by atoms with van der Waals surface area (Å²) in [5.41, 5.74) is 6.03. The number of amides is 4. The van der Waals surface area contributed by atoms with Crippen molar-refractivity contribution in [2.45, 2.75) is 45.6 Å². The van der Waals surface area contributed by atoms with Crippen LogP contribution >= 0.6 is 11.3 Å². The van der Waals surface area contributed by atoms with Gasteiger partial charge in [-0.25, -0.2) is 9.59 Å². The van der Waals surface area contributed by atoms with E-state index in [9.17, 15) is 19.2 Å². The van der Waals surface area contributed by atoms with Crippen LogP contribution in [0.25, 0.3) is 0 Å². The van der Waals surface area contributed by atoms with E-state index in [4.69, 9.17) is 10.5 Å². The third kappa shape index (κ3) is 4.10. The molecule has 0 saturated heterocycles. The number of hydrogen-bond donors (Lipinski definition) is 3. The largest absolute Gasteiger partial charge is 0.449 e. The maximum Gasteiger partial charge on any atom is 0.342 e. The number of fused-ring (bicyclic) bond motifs is 1. The van der Waals surface area contributed by atoms with Gasteiger partial charge in [0.05, 0.1) is 5.56 Å². The number of urea groups is 1. The molecule has 1 aromatic rings. The molecule has 0 fully saturated rings. The zero-order valence-electron chi connectivity index (χ0n) is 13.4. The molecule has 0 spiro atoms. The molecule has 8 nitrogen and oxygen atoms in total. The van der Waals surface area contributed by atoms with Crippen molar-refractivity contribution >= 4 is 40.2 Å². The first kappa shape index (κ1) is 17.9. The van der Waals surface area contributed by atoms with Gasteiger partial charge in [-0.3, -0.25) is 14.9 Å². The van der Waals surface area contributed by atoms with Gasteiger partial charge < -0.3 is 15.8 Å². The van der Waals surface area contributed by atoms with Crippen LogP contribution in [0.15, 0.2) is 0 Å². The molecule has 0 bridgehead atoms. The molecule has 0 saturated carbocycles. The normalized spacial score (nSPS) is 14.2. The van der Waals surface area contributed by atoms with E-state index in [0.29, 0.717) is 10.6 Å². The van der Waals surface area contributed by atoms with E-state index in [1.807, 2.05) is 5.32 Å². The van der Waals surface area contributed by atoms with Crippen LogP contribution in [0.5, 0.6) is 0 Å². The highest BCUT2D eigenvalue weighted by atomic mass is 32.1. The minimum absolute atomic E-state index is 0.290. The summed E-state index contributed by atoms with van der Waals surface area (Å²) in [6, 6.07) is -1.02. The number of ether oxygens (including phenoxy) is 1.